The molecular weight excluding hydrogens is 217 g/mol. The summed E-state index contributed by atoms with van der Waals surface area (Å²) in [4.78, 5) is 1.93. The quantitative estimate of drug-likeness (QED) is 0.839. The minimum atomic E-state index is -0.168. The Kier molecular flexibility index (Phi) is 3.52. The topological polar surface area (TPSA) is 27.3 Å². The molecule has 0 amide bonds. The molecule has 0 radical (unpaired) electrons. The summed E-state index contributed by atoms with van der Waals surface area (Å²) >= 11 is 0. The van der Waals surface area contributed by atoms with Crippen molar-refractivity contribution in [2.45, 2.75) is 25.9 Å². The number of hydrogen-bond donors (Lipinski definition) is 2. The highest BCUT2D eigenvalue weighted by Crippen LogP contribution is 2.23. The zero-order valence-electron chi connectivity index (χ0n) is 10.6. The SMILES string of the molecule is CC(C)N(C)c1ccc(NC2CNC2)cc1F. The first-order chi connectivity index (χ1) is 8.08. The van der Waals surface area contributed by atoms with E-state index in [0.29, 0.717) is 17.8 Å². The van der Waals surface area contributed by atoms with Crippen LogP contribution >= 0.6 is 0 Å². The lowest BCUT2D eigenvalue weighted by Crippen LogP contribution is -2.51. The Morgan fingerprint density at radius 3 is 2.59 bits per heavy atom. The van der Waals surface area contributed by atoms with Crippen LogP contribution in [0.25, 0.3) is 0 Å². The normalized spacial score (nSPS) is 15.8. The van der Waals surface area contributed by atoms with Crippen molar-refractivity contribution < 1.29 is 4.39 Å². The maximum absolute atomic E-state index is 13.9. The molecule has 1 saturated heterocycles. The summed E-state index contributed by atoms with van der Waals surface area (Å²) < 4.78 is 13.9. The molecule has 0 unspecified atom stereocenters. The third-order valence-corrected chi connectivity index (χ3v) is 3.25. The lowest BCUT2D eigenvalue weighted by atomic mass is 10.1. The van der Waals surface area contributed by atoms with E-state index in [1.165, 1.54) is 0 Å². The van der Waals surface area contributed by atoms with Gasteiger partial charge in [0, 0.05) is 31.9 Å². The van der Waals surface area contributed by atoms with Crippen molar-refractivity contribution in [3.05, 3.63) is 24.0 Å². The van der Waals surface area contributed by atoms with E-state index in [1.54, 1.807) is 6.07 Å². The van der Waals surface area contributed by atoms with Gasteiger partial charge in [-0.15, -0.1) is 0 Å². The lowest BCUT2D eigenvalue weighted by Gasteiger charge is -2.29. The van der Waals surface area contributed by atoms with E-state index >= 15 is 0 Å². The molecule has 1 aromatic carbocycles. The van der Waals surface area contributed by atoms with Crippen LogP contribution in [0.2, 0.25) is 0 Å². The Hall–Kier alpha value is -1.29. The van der Waals surface area contributed by atoms with Gasteiger partial charge in [-0.3, -0.25) is 0 Å². The molecule has 17 heavy (non-hydrogen) atoms. The van der Waals surface area contributed by atoms with Crippen LogP contribution in [0, 0.1) is 5.82 Å². The first-order valence-corrected chi connectivity index (χ1v) is 6.07. The van der Waals surface area contributed by atoms with Crippen LogP contribution < -0.4 is 15.5 Å². The summed E-state index contributed by atoms with van der Waals surface area (Å²) in [7, 11) is 1.91. The molecular formula is C13H20FN3. The van der Waals surface area contributed by atoms with Gasteiger partial charge < -0.3 is 15.5 Å². The number of anilines is 2. The van der Waals surface area contributed by atoms with Crippen LogP contribution in [0.5, 0.6) is 0 Å². The maximum atomic E-state index is 13.9. The number of benzene rings is 1. The third kappa shape index (κ3) is 2.69. The van der Waals surface area contributed by atoms with Crippen molar-refractivity contribution in [3.63, 3.8) is 0 Å². The first kappa shape index (κ1) is 12.2. The Labute approximate surface area is 102 Å². The van der Waals surface area contributed by atoms with Gasteiger partial charge in [-0.05, 0) is 32.0 Å². The van der Waals surface area contributed by atoms with Gasteiger partial charge in [0.1, 0.15) is 5.82 Å². The molecule has 0 aliphatic carbocycles. The second-order valence-corrected chi connectivity index (χ2v) is 4.87. The smallest absolute Gasteiger partial charge is 0.148 e. The Morgan fingerprint density at radius 1 is 1.41 bits per heavy atom. The minimum absolute atomic E-state index is 0.168. The zero-order valence-corrected chi connectivity index (χ0v) is 10.6. The monoisotopic (exact) mass is 237 g/mol. The van der Waals surface area contributed by atoms with E-state index in [2.05, 4.69) is 10.6 Å². The molecule has 1 aliphatic rings. The summed E-state index contributed by atoms with van der Waals surface area (Å²) in [5, 5.41) is 6.47. The van der Waals surface area contributed by atoms with E-state index in [1.807, 2.05) is 37.9 Å². The van der Waals surface area contributed by atoms with Crippen LogP contribution in [-0.4, -0.2) is 32.2 Å². The molecule has 94 valence electrons. The van der Waals surface area contributed by atoms with Crippen LogP contribution in [0.3, 0.4) is 0 Å². The summed E-state index contributed by atoms with van der Waals surface area (Å²) in [5.41, 5.74) is 1.51. The standard InChI is InChI=1S/C13H20FN3/c1-9(2)17(3)13-5-4-10(6-12(13)14)16-11-7-15-8-11/h4-6,9,11,15-16H,7-8H2,1-3H3. The van der Waals surface area contributed by atoms with Crippen LogP contribution in [0.15, 0.2) is 18.2 Å². The highest BCUT2D eigenvalue weighted by atomic mass is 19.1. The molecule has 1 aliphatic heterocycles. The van der Waals surface area contributed by atoms with E-state index in [9.17, 15) is 4.39 Å². The molecule has 0 spiro atoms. The van der Waals surface area contributed by atoms with Gasteiger partial charge in [0.15, 0.2) is 0 Å². The minimum Gasteiger partial charge on any atom is -0.380 e. The van der Waals surface area contributed by atoms with Crippen molar-refractivity contribution in [2.24, 2.45) is 0 Å². The van der Waals surface area contributed by atoms with E-state index in [0.717, 1.165) is 18.8 Å². The summed E-state index contributed by atoms with van der Waals surface area (Å²) in [6.07, 6.45) is 0. The van der Waals surface area contributed by atoms with E-state index in [4.69, 9.17) is 0 Å². The van der Waals surface area contributed by atoms with Gasteiger partial charge in [0.2, 0.25) is 0 Å². The molecule has 0 aromatic heterocycles. The summed E-state index contributed by atoms with van der Waals surface area (Å²) in [5.74, 6) is -0.168. The maximum Gasteiger partial charge on any atom is 0.148 e. The van der Waals surface area contributed by atoms with Crippen molar-refractivity contribution in [1.82, 2.24) is 5.32 Å². The highest BCUT2D eigenvalue weighted by Gasteiger charge is 2.17. The predicted octanol–water partition coefficient (Wildman–Crippen LogP) is 2.05. The molecule has 0 bridgehead atoms. The lowest BCUT2D eigenvalue weighted by molar-refractivity contribution is 0.472. The fraction of sp³-hybridized carbons (Fsp3) is 0.538. The predicted molar refractivity (Wildman–Crippen MR) is 70.2 cm³/mol. The van der Waals surface area contributed by atoms with Crippen LogP contribution in [0.4, 0.5) is 15.8 Å². The Balaban J connectivity index is 2.10. The average Bonchev–Trinajstić information content (AvgIpc) is 2.22. The fourth-order valence-electron chi connectivity index (χ4n) is 1.79. The Bertz CT molecular complexity index is 388. The second kappa shape index (κ2) is 4.92. The van der Waals surface area contributed by atoms with E-state index < -0.39 is 0 Å². The van der Waals surface area contributed by atoms with Gasteiger partial charge in [-0.2, -0.15) is 0 Å². The number of nitrogens with one attached hydrogen (secondary N) is 2. The van der Waals surface area contributed by atoms with Crippen molar-refractivity contribution in [1.29, 1.82) is 0 Å². The summed E-state index contributed by atoms with van der Waals surface area (Å²) in [6, 6.07) is 6.08. The molecule has 3 nitrogen and oxygen atoms in total. The Morgan fingerprint density at radius 2 is 2.12 bits per heavy atom. The third-order valence-electron chi connectivity index (χ3n) is 3.25. The number of halogens is 1. The average molecular weight is 237 g/mol. The molecule has 1 aromatic rings. The largest absolute Gasteiger partial charge is 0.380 e. The van der Waals surface area contributed by atoms with Crippen molar-refractivity contribution >= 4 is 11.4 Å². The van der Waals surface area contributed by atoms with E-state index in [-0.39, 0.29) is 5.82 Å². The molecule has 0 saturated carbocycles. The van der Waals surface area contributed by atoms with Gasteiger partial charge >= 0.3 is 0 Å². The number of rotatable bonds is 4. The van der Waals surface area contributed by atoms with Gasteiger partial charge in [0.25, 0.3) is 0 Å². The molecule has 4 heteroatoms. The summed E-state index contributed by atoms with van der Waals surface area (Å²) in [6.45, 7) is 6.00. The highest BCUT2D eigenvalue weighted by molar-refractivity contribution is 5.56. The number of nitrogens with zero attached hydrogens (tertiary/aromatic N) is 1. The number of hydrogen-bond acceptors (Lipinski definition) is 3. The van der Waals surface area contributed by atoms with Crippen LogP contribution in [0.1, 0.15) is 13.8 Å². The molecule has 0 atom stereocenters. The fourth-order valence-corrected chi connectivity index (χ4v) is 1.79. The van der Waals surface area contributed by atoms with Crippen LogP contribution in [-0.2, 0) is 0 Å². The van der Waals surface area contributed by atoms with Gasteiger partial charge in [-0.1, -0.05) is 0 Å². The second-order valence-electron chi connectivity index (χ2n) is 4.87. The molecule has 1 fully saturated rings. The van der Waals surface area contributed by atoms with Crippen molar-refractivity contribution in [2.75, 3.05) is 30.4 Å². The first-order valence-electron chi connectivity index (χ1n) is 6.07. The molecule has 2 rings (SSSR count). The van der Waals surface area contributed by atoms with Gasteiger partial charge in [0.05, 0.1) is 11.7 Å². The van der Waals surface area contributed by atoms with Crippen molar-refractivity contribution in [3.8, 4) is 0 Å². The molecule has 1 heterocycles. The zero-order chi connectivity index (χ0) is 12.4. The molecule has 2 N–H and O–H groups in total. The van der Waals surface area contributed by atoms with Gasteiger partial charge in [-0.25, -0.2) is 4.39 Å².